The average molecular weight is 462 g/mol. The number of esters is 1. The van der Waals surface area contributed by atoms with Gasteiger partial charge in [0.15, 0.2) is 4.58 Å². The monoisotopic (exact) mass is 462 g/mol. The first kappa shape index (κ1) is 25.0. The Kier molecular flexibility index (Phi) is 7.46. The Labute approximate surface area is 158 Å². The van der Waals surface area contributed by atoms with Gasteiger partial charge in [-0.15, -0.1) is 0 Å². The molecule has 28 heavy (non-hydrogen) atoms. The van der Waals surface area contributed by atoms with Crippen LogP contribution in [0.5, 0.6) is 0 Å². The van der Waals surface area contributed by atoms with Crippen LogP contribution in [0.2, 0.25) is 0 Å². The van der Waals surface area contributed by atoms with Gasteiger partial charge < -0.3 is 4.74 Å². The maximum atomic E-state index is 12.8. The molecule has 1 fully saturated rings. The first-order chi connectivity index (χ1) is 12.5. The number of ether oxygens (including phenoxy) is 1. The zero-order valence-electron chi connectivity index (χ0n) is 14.9. The number of sulfone groups is 2. The lowest BCUT2D eigenvalue weighted by Crippen LogP contribution is -2.49. The van der Waals surface area contributed by atoms with Crippen LogP contribution in [0.4, 0.5) is 26.3 Å². The highest BCUT2D eigenvalue weighted by atomic mass is 32.3. The van der Waals surface area contributed by atoms with Crippen LogP contribution in [0.3, 0.4) is 0 Å². The largest absolute Gasteiger partial charge is 0.498 e. The van der Waals surface area contributed by atoms with Gasteiger partial charge in [0, 0.05) is 0 Å². The van der Waals surface area contributed by atoms with E-state index in [4.69, 9.17) is 4.74 Å². The molecule has 0 bridgehead atoms. The normalized spacial score (nSPS) is 23.5. The van der Waals surface area contributed by atoms with Gasteiger partial charge >= 0.3 is 17.0 Å². The molecule has 0 aromatic heterocycles. The van der Waals surface area contributed by atoms with Crippen molar-refractivity contribution in [1.29, 1.82) is 0 Å². The van der Waals surface area contributed by atoms with E-state index in [1.807, 2.05) is 0 Å². The summed E-state index contributed by atoms with van der Waals surface area (Å²) >= 11 is 0. The lowest BCUT2D eigenvalue weighted by molar-refractivity contribution is -0.155. The Morgan fingerprint density at radius 2 is 1.32 bits per heavy atom. The molecule has 0 spiro atoms. The summed E-state index contributed by atoms with van der Waals surface area (Å²) in [7, 11) is -13.3. The van der Waals surface area contributed by atoms with Crippen molar-refractivity contribution in [2.75, 3.05) is 0 Å². The SMILES string of the molecule is CCC(C)C(=O)OC1CCC(C(S(=O)(=O)C(F)(F)F)S(=O)(=O)C(F)(F)F)CC1. The Balaban J connectivity index is 3.13. The minimum atomic E-state index is -6.65. The second-order valence-electron chi connectivity index (χ2n) is 6.63. The van der Waals surface area contributed by atoms with Gasteiger partial charge in [0.25, 0.3) is 19.7 Å². The molecule has 0 amide bonds. The third kappa shape index (κ3) is 5.10. The van der Waals surface area contributed by atoms with Gasteiger partial charge in [0.2, 0.25) is 0 Å². The summed E-state index contributed by atoms with van der Waals surface area (Å²) < 4.78 is 125. The molecule has 1 rings (SSSR count). The fourth-order valence-corrected chi connectivity index (χ4v) is 6.94. The van der Waals surface area contributed by atoms with Crippen molar-refractivity contribution in [3.8, 4) is 0 Å². The molecular formula is C14H20F6O6S2. The van der Waals surface area contributed by atoms with E-state index < -0.39 is 72.0 Å². The minimum absolute atomic E-state index is 0.246. The third-order valence-corrected chi connectivity index (χ3v) is 9.46. The van der Waals surface area contributed by atoms with E-state index in [1.54, 1.807) is 13.8 Å². The molecule has 0 aromatic rings. The van der Waals surface area contributed by atoms with Crippen LogP contribution in [-0.2, 0) is 29.2 Å². The van der Waals surface area contributed by atoms with Gasteiger partial charge in [-0.3, -0.25) is 4.79 Å². The predicted molar refractivity (Wildman–Crippen MR) is 85.0 cm³/mol. The van der Waals surface area contributed by atoms with E-state index in [0.29, 0.717) is 6.42 Å². The topological polar surface area (TPSA) is 94.6 Å². The zero-order chi connectivity index (χ0) is 22.1. The molecule has 14 heteroatoms. The van der Waals surface area contributed by atoms with Gasteiger partial charge in [0.1, 0.15) is 6.10 Å². The van der Waals surface area contributed by atoms with E-state index in [0.717, 1.165) is 0 Å². The molecule has 0 aromatic carbocycles. The molecule has 0 N–H and O–H groups in total. The molecule has 0 aliphatic heterocycles. The molecule has 1 aliphatic carbocycles. The van der Waals surface area contributed by atoms with Crippen molar-refractivity contribution in [1.82, 2.24) is 0 Å². The van der Waals surface area contributed by atoms with Crippen molar-refractivity contribution in [2.24, 2.45) is 11.8 Å². The maximum Gasteiger partial charge on any atom is 0.498 e. The molecule has 6 nitrogen and oxygen atoms in total. The lowest BCUT2D eigenvalue weighted by Gasteiger charge is -2.33. The number of rotatable bonds is 6. The van der Waals surface area contributed by atoms with Crippen LogP contribution in [0, 0.1) is 11.8 Å². The third-order valence-electron chi connectivity index (χ3n) is 4.66. The van der Waals surface area contributed by atoms with Gasteiger partial charge in [0.05, 0.1) is 5.92 Å². The standard InChI is InChI=1S/C14H20F6O6S2/c1-3-8(2)11(21)26-10-6-4-9(5-7-10)12(27(22,23)13(15,16)17)28(24,25)14(18,19)20/h8-10,12H,3-7H2,1-2H3. The zero-order valence-corrected chi connectivity index (χ0v) is 16.5. The second kappa shape index (κ2) is 8.36. The number of carbonyl (C=O) groups excluding carboxylic acids is 1. The highest BCUT2D eigenvalue weighted by molar-refractivity contribution is 8.09. The maximum absolute atomic E-state index is 12.8. The molecule has 0 saturated heterocycles. The smallest absolute Gasteiger partial charge is 0.462 e. The Hall–Kier alpha value is -1.05. The summed E-state index contributed by atoms with van der Waals surface area (Å²) in [6.07, 6.45) is -2.06. The molecule has 1 saturated carbocycles. The summed E-state index contributed by atoms with van der Waals surface area (Å²) in [5, 5.41) is 0. The highest BCUT2D eigenvalue weighted by Gasteiger charge is 2.65. The van der Waals surface area contributed by atoms with Crippen molar-refractivity contribution < 1.29 is 52.7 Å². The first-order valence-corrected chi connectivity index (χ1v) is 11.4. The quantitative estimate of drug-likeness (QED) is 0.444. The van der Waals surface area contributed by atoms with E-state index in [2.05, 4.69) is 0 Å². The molecule has 1 unspecified atom stereocenters. The van der Waals surface area contributed by atoms with Crippen molar-refractivity contribution >= 4 is 25.6 Å². The number of hydrogen-bond donors (Lipinski definition) is 0. The Morgan fingerprint density at radius 1 is 0.929 bits per heavy atom. The van der Waals surface area contributed by atoms with Crippen molar-refractivity contribution in [3.63, 3.8) is 0 Å². The second-order valence-corrected chi connectivity index (χ2v) is 11.1. The molecule has 1 atom stereocenters. The Morgan fingerprint density at radius 3 is 1.64 bits per heavy atom. The van der Waals surface area contributed by atoms with Crippen molar-refractivity contribution in [2.45, 2.75) is 67.7 Å². The fraction of sp³-hybridized carbons (Fsp3) is 0.929. The predicted octanol–water partition coefficient (Wildman–Crippen LogP) is 3.33. The average Bonchev–Trinajstić information content (AvgIpc) is 2.53. The summed E-state index contributed by atoms with van der Waals surface area (Å²) in [5.74, 6) is -3.01. The van der Waals surface area contributed by atoms with Crippen LogP contribution in [-0.4, -0.2) is 44.5 Å². The molecule has 0 heterocycles. The van der Waals surface area contributed by atoms with Gasteiger partial charge in [-0.25, -0.2) is 16.8 Å². The number of alkyl halides is 6. The van der Waals surface area contributed by atoms with E-state index in [9.17, 15) is 48.0 Å². The van der Waals surface area contributed by atoms with E-state index in [1.165, 1.54) is 0 Å². The van der Waals surface area contributed by atoms with Crippen LogP contribution >= 0.6 is 0 Å². The van der Waals surface area contributed by atoms with E-state index in [-0.39, 0.29) is 12.8 Å². The number of carbonyl (C=O) groups is 1. The molecular weight excluding hydrogens is 442 g/mol. The minimum Gasteiger partial charge on any atom is -0.462 e. The van der Waals surface area contributed by atoms with Crippen LogP contribution in [0.25, 0.3) is 0 Å². The molecule has 166 valence electrons. The Bertz CT molecular complexity index is 719. The van der Waals surface area contributed by atoms with E-state index >= 15 is 0 Å². The van der Waals surface area contributed by atoms with Gasteiger partial charge in [-0.2, -0.15) is 26.3 Å². The number of halogens is 6. The highest BCUT2D eigenvalue weighted by Crippen LogP contribution is 2.43. The summed E-state index contributed by atoms with van der Waals surface area (Å²) in [6, 6.07) is 0. The number of hydrogen-bond acceptors (Lipinski definition) is 6. The summed E-state index contributed by atoms with van der Waals surface area (Å²) in [6.45, 7) is 3.27. The van der Waals surface area contributed by atoms with Gasteiger partial charge in [-0.1, -0.05) is 13.8 Å². The fourth-order valence-electron chi connectivity index (χ4n) is 2.86. The van der Waals surface area contributed by atoms with Gasteiger partial charge in [-0.05, 0) is 38.0 Å². The van der Waals surface area contributed by atoms with Crippen molar-refractivity contribution in [3.05, 3.63) is 0 Å². The van der Waals surface area contributed by atoms with Crippen LogP contribution < -0.4 is 0 Å². The first-order valence-electron chi connectivity index (χ1n) is 8.27. The molecule has 1 aliphatic rings. The van der Waals surface area contributed by atoms with Crippen LogP contribution in [0.15, 0.2) is 0 Å². The summed E-state index contributed by atoms with van der Waals surface area (Å²) in [4.78, 5) is 11.7. The van der Waals surface area contributed by atoms with Crippen LogP contribution in [0.1, 0.15) is 46.0 Å². The lowest BCUT2D eigenvalue weighted by atomic mass is 9.88. The molecule has 0 radical (unpaired) electrons. The summed E-state index contributed by atoms with van der Waals surface area (Å²) in [5.41, 5.74) is -12.3.